The van der Waals surface area contributed by atoms with E-state index < -0.39 is 0 Å². The zero-order valence-electron chi connectivity index (χ0n) is 72.1. The van der Waals surface area contributed by atoms with E-state index in [0.717, 1.165) is 39.7 Å². The molecule has 0 spiro atoms. The van der Waals surface area contributed by atoms with E-state index in [1.165, 1.54) is 216 Å². The fraction of sp³-hybridized carbons (Fsp3) is 0. The first-order valence-electron chi connectivity index (χ1n) is 45.6. The number of benzene rings is 19. The van der Waals surface area contributed by atoms with Gasteiger partial charge in [-0.15, -0.1) is 0 Å². The summed E-state index contributed by atoms with van der Waals surface area (Å²) in [5, 5.41) is 11.5. The van der Waals surface area contributed by atoms with Crippen LogP contribution < -0.4 is 4.90 Å². The Hall–Kier alpha value is -17.9. The van der Waals surface area contributed by atoms with Crippen molar-refractivity contribution in [3.63, 3.8) is 0 Å². The minimum Gasteiger partial charge on any atom is -0.456 e. The SMILES string of the molecule is c1ccc(-c2c3c4c(cccc4n2-c2ccccc2)-c2cccc4c2c2c-3cccc2n4-c2ccccc2)cc1.c1ccc(-c2c3c4c(cccc4n2-c2ccccn2)-c2cccc4c2c2c-3cccc2n4-c2ccccc2)cc1.c1ccc(-c2ccc(N(c3ccccc3)c3ccc(-n4c(-c5ccccc5)c5c6c(cccc64)-c4cccc6oc7cccc-5c7c46)cc3)cc2)cc1. The molecule has 620 valence electrons. The molecule has 26 aromatic rings. The van der Waals surface area contributed by atoms with Crippen molar-refractivity contribution in [3.8, 4) is 140 Å². The molecule has 0 fully saturated rings. The molecule has 19 aromatic carbocycles. The summed E-state index contributed by atoms with van der Waals surface area (Å²) in [5.74, 6) is 0.919. The average Bonchev–Trinajstić information content (AvgIpc) is 1.52. The predicted octanol–water partition coefficient (Wildman–Crippen LogP) is 33.5. The van der Waals surface area contributed by atoms with Crippen LogP contribution in [-0.4, -0.2) is 27.8 Å². The number of para-hydroxylation sites is 4. The summed E-state index contributed by atoms with van der Waals surface area (Å²) in [7, 11) is 0. The normalized spacial score (nSPS) is 11.9. The van der Waals surface area contributed by atoms with Crippen LogP contribution in [0.4, 0.5) is 17.1 Å². The second-order valence-electron chi connectivity index (χ2n) is 34.6. The minimum atomic E-state index is 0.917. The van der Waals surface area contributed by atoms with E-state index in [1.807, 2.05) is 12.3 Å². The largest absolute Gasteiger partial charge is 0.456 e. The van der Waals surface area contributed by atoms with Gasteiger partial charge in [-0.2, -0.15) is 0 Å². The molecule has 8 heteroatoms. The number of anilines is 3. The summed E-state index contributed by atoms with van der Waals surface area (Å²) >= 11 is 0. The van der Waals surface area contributed by atoms with E-state index in [0.29, 0.717) is 0 Å². The summed E-state index contributed by atoms with van der Waals surface area (Å²) in [6.07, 6.45) is 1.88. The van der Waals surface area contributed by atoms with Crippen LogP contribution in [0.3, 0.4) is 0 Å². The Morgan fingerprint density at radius 2 is 0.436 bits per heavy atom. The number of fused-ring (bicyclic) bond motifs is 6. The lowest BCUT2D eigenvalue weighted by Crippen LogP contribution is -2.10. The summed E-state index contributed by atoms with van der Waals surface area (Å²) in [5.41, 5.74) is 42.9. The molecular formula is C125H79N7O. The van der Waals surface area contributed by atoms with Gasteiger partial charge in [0.1, 0.15) is 17.0 Å². The Morgan fingerprint density at radius 3 is 0.827 bits per heavy atom. The number of rotatable bonds is 12. The predicted molar refractivity (Wildman–Crippen MR) is 553 cm³/mol. The quantitative estimate of drug-likeness (QED) is 0.122. The molecule has 0 N–H and O–H groups in total. The van der Waals surface area contributed by atoms with E-state index in [-0.39, 0.29) is 0 Å². The smallest absolute Gasteiger partial charge is 0.137 e. The van der Waals surface area contributed by atoms with Gasteiger partial charge < -0.3 is 27.6 Å². The summed E-state index contributed by atoms with van der Waals surface area (Å²) in [6, 6.07) is 170. The fourth-order valence-electron chi connectivity index (χ4n) is 22.2. The first-order valence-corrected chi connectivity index (χ1v) is 45.6. The zero-order valence-corrected chi connectivity index (χ0v) is 72.1. The molecule has 8 nitrogen and oxygen atoms in total. The summed E-state index contributed by atoms with van der Waals surface area (Å²) in [6.45, 7) is 0. The first kappa shape index (κ1) is 75.3. The summed E-state index contributed by atoms with van der Waals surface area (Å²) < 4.78 is 18.6. The van der Waals surface area contributed by atoms with Gasteiger partial charge in [0.25, 0.3) is 0 Å². The highest BCUT2D eigenvalue weighted by molar-refractivity contribution is 6.32. The van der Waals surface area contributed by atoms with Crippen LogP contribution in [0.2, 0.25) is 0 Å². The fourth-order valence-corrected chi connectivity index (χ4v) is 22.2. The van der Waals surface area contributed by atoms with Crippen molar-refractivity contribution in [2.45, 2.75) is 0 Å². The number of aromatic nitrogens is 6. The molecule has 7 aromatic heterocycles. The lowest BCUT2D eigenvalue weighted by atomic mass is 9.95. The van der Waals surface area contributed by atoms with Crippen LogP contribution in [0.5, 0.6) is 0 Å². The molecule has 3 aliphatic carbocycles. The van der Waals surface area contributed by atoms with Crippen molar-refractivity contribution in [1.29, 1.82) is 0 Å². The number of pyridine rings is 1. The van der Waals surface area contributed by atoms with E-state index in [1.54, 1.807) is 0 Å². The molecule has 0 bridgehead atoms. The number of furan rings is 1. The van der Waals surface area contributed by atoms with E-state index in [2.05, 4.69) is 495 Å². The third kappa shape index (κ3) is 11.6. The van der Waals surface area contributed by atoms with Crippen molar-refractivity contribution in [1.82, 2.24) is 27.8 Å². The van der Waals surface area contributed by atoms with Crippen molar-refractivity contribution in [2.24, 2.45) is 0 Å². The molecule has 7 heterocycles. The third-order valence-corrected chi connectivity index (χ3v) is 27.5. The Bertz CT molecular complexity index is 8790. The highest BCUT2D eigenvalue weighted by Crippen LogP contribution is 2.59. The van der Waals surface area contributed by atoms with Crippen LogP contribution in [-0.2, 0) is 0 Å². The molecule has 0 atom stereocenters. The average molecular weight is 1700 g/mol. The van der Waals surface area contributed by atoms with Gasteiger partial charge in [-0.25, -0.2) is 4.98 Å². The molecule has 29 rings (SSSR count). The second kappa shape index (κ2) is 30.4. The highest BCUT2D eigenvalue weighted by Gasteiger charge is 2.36. The highest BCUT2D eigenvalue weighted by atomic mass is 16.3. The standard InChI is InChI=1S/C50H32N2O.C38H24N2.C37H23N3/c1-4-13-33(14-5-1)34-25-27-37(28-26-34)51(36-17-8-3-9-18-36)38-29-31-39(32-30-38)52-43-22-10-19-40-41-20-11-23-44-47(41)48-42(21-12-24-45(48)53-44)49(46(40)43)50(52)35-15-6-2-7-16-35;1-4-13-25(14-5-1)38-37-30-21-12-23-32-36(30)34-28(19-10-22-31(34)39(32)26-15-6-2-7-16-26)29-20-11-24-33(35(29)37)40(38)27-17-8-3-9-18-27;1-3-12-24(13-4-1)37-36-28-18-11-20-30-35(28)33-26(16-9-19-29(33)39(30)25-14-5-2-6-15-25)27-17-10-21-31(34(27)36)40(37)32-22-7-8-23-38-32/h1-32H;1-24H;1-23H. The van der Waals surface area contributed by atoms with E-state index in [4.69, 9.17) is 9.40 Å². The van der Waals surface area contributed by atoms with Crippen molar-refractivity contribution >= 4 is 115 Å². The van der Waals surface area contributed by atoms with Gasteiger partial charge in [-0.3, -0.25) is 4.57 Å². The molecule has 0 amide bonds. The van der Waals surface area contributed by atoms with Gasteiger partial charge >= 0.3 is 0 Å². The maximum atomic E-state index is 6.48. The number of nitrogens with zero attached hydrogens (tertiary/aromatic N) is 7. The van der Waals surface area contributed by atoms with Crippen LogP contribution in [0.25, 0.3) is 238 Å². The first-order chi connectivity index (χ1) is 66.1. The Labute approximate surface area is 766 Å². The molecule has 0 radical (unpaired) electrons. The van der Waals surface area contributed by atoms with Crippen LogP contribution in [0, 0.1) is 0 Å². The molecule has 3 aliphatic rings. The van der Waals surface area contributed by atoms with Crippen LogP contribution in [0.15, 0.2) is 484 Å². The van der Waals surface area contributed by atoms with Crippen molar-refractivity contribution in [2.75, 3.05) is 4.90 Å². The summed E-state index contributed by atoms with van der Waals surface area (Å²) in [4.78, 5) is 7.17. The monoisotopic (exact) mass is 1690 g/mol. The van der Waals surface area contributed by atoms with Gasteiger partial charge in [0.05, 0.1) is 55.7 Å². The van der Waals surface area contributed by atoms with Gasteiger partial charge in [-0.1, -0.05) is 322 Å². The molecular weight excluding hydrogens is 1620 g/mol. The number of hydrogen-bond acceptors (Lipinski definition) is 3. The van der Waals surface area contributed by atoms with Crippen molar-refractivity contribution in [3.05, 3.63) is 479 Å². The lowest BCUT2D eigenvalue weighted by Gasteiger charge is -2.26. The van der Waals surface area contributed by atoms with Crippen LogP contribution >= 0.6 is 0 Å². The van der Waals surface area contributed by atoms with E-state index in [9.17, 15) is 0 Å². The Kier molecular flexibility index (Phi) is 17.2. The zero-order chi connectivity index (χ0) is 87.3. The molecule has 0 saturated carbocycles. The molecule has 133 heavy (non-hydrogen) atoms. The van der Waals surface area contributed by atoms with Gasteiger partial charge in [0, 0.05) is 111 Å². The maximum Gasteiger partial charge on any atom is 0.137 e. The second-order valence-corrected chi connectivity index (χ2v) is 34.6. The maximum absolute atomic E-state index is 6.48. The third-order valence-electron chi connectivity index (χ3n) is 27.5. The van der Waals surface area contributed by atoms with Crippen molar-refractivity contribution < 1.29 is 4.42 Å². The molecule has 0 saturated heterocycles. The molecule has 0 unspecified atom stereocenters. The van der Waals surface area contributed by atoms with E-state index >= 15 is 0 Å². The molecule has 0 aliphatic heterocycles. The Morgan fingerprint density at radius 1 is 0.173 bits per heavy atom. The number of hydrogen-bond donors (Lipinski definition) is 0. The van der Waals surface area contributed by atoms with Gasteiger partial charge in [0.2, 0.25) is 0 Å². The van der Waals surface area contributed by atoms with Crippen LogP contribution in [0.1, 0.15) is 0 Å². The minimum absolute atomic E-state index is 0.917. The van der Waals surface area contributed by atoms with Gasteiger partial charge in [0.15, 0.2) is 0 Å². The van der Waals surface area contributed by atoms with Gasteiger partial charge in [-0.05, 0) is 230 Å². The lowest BCUT2D eigenvalue weighted by molar-refractivity contribution is 0.669. The Balaban J connectivity index is 0.000000103. The topological polar surface area (TPSA) is 53.9 Å².